The molecule has 1 aliphatic heterocycles. The van der Waals surface area contributed by atoms with E-state index in [1.807, 2.05) is 103 Å². The van der Waals surface area contributed by atoms with Crippen molar-refractivity contribution in [2.45, 2.75) is 5.92 Å². The molecule has 0 saturated heterocycles. The smallest absolute Gasteiger partial charge is 0.238 e. The Kier molecular flexibility index (Phi) is 5.20. The molecule has 0 fully saturated rings. The molecule has 38 heavy (non-hydrogen) atoms. The third-order valence-electron chi connectivity index (χ3n) is 7.32. The predicted octanol–water partition coefficient (Wildman–Crippen LogP) is 7.45. The molecule has 1 atom stereocenters. The SMILES string of the molecule is CN1C(=O)C(c2c(-c3ccccc3)[nH]c3c2c(-c2ccc(Cl)cc2)nn3-c2ccccc2)c2ccccc21. The van der Waals surface area contributed by atoms with Gasteiger partial charge in [0.2, 0.25) is 5.91 Å². The first-order chi connectivity index (χ1) is 18.6. The summed E-state index contributed by atoms with van der Waals surface area (Å²) in [6, 6.07) is 36.0. The molecule has 4 aromatic carbocycles. The van der Waals surface area contributed by atoms with Gasteiger partial charge < -0.3 is 9.88 Å². The van der Waals surface area contributed by atoms with E-state index in [2.05, 4.69) is 23.2 Å². The molecular formula is C32H23ClN4O. The van der Waals surface area contributed by atoms with Crippen molar-refractivity contribution in [2.75, 3.05) is 11.9 Å². The van der Waals surface area contributed by atoms with Gasteiger partial charge in [-0.1, -0.05) is 90.5 Å². The van der Waals surface area contributed by atoms with Crippen LogP contribution in [0.3, 0.4) is 0 Å². The van der Waals surface area contributed by atoms with E-state index in [0.29, 0.717) is 5.02 Å². The second kappa shape index (κ2) is 8.75. The lowest BCUT2D eigenvalue weighted by Gasteiger charge is -2.14. The van der Waals surface area contributed by atoms with E-state index < -0.39 is 5.92 Å². The van der Waals surface area contributed by atoms with Crippen LogP contribution in [0.25, 0.3) is 39.2 Å². The van der Waals surface area contributed by atoms with Crippen molar-refractivity contribution in [3.05, 3.63) is 125 Å². The normalized spacial score (nSPS) is 14.8. The standard InChI is InChI=1S/C32H23ClN4O/c1-36-25-15-9-8-14-24(25)26(32(36)38)27-28-30(21-16-18-22(33)19-17-21)35-37(23-12-6-3-7-13-23)31(28)34-29(27)20-10-4-2-5-11-20/h2-19,26,34H,1H3. The van der Waals surface area contributed by atoms with Crippen molar-refractivity contribution in [1.82, 2.24) is 14.8 Å². The number of nitrogens with zero attached hydrogens (tertiary/aromatic N) is 3. The van der Waals surface area contributed by atoms with Crippen LogP contribution in [0, 0.1) is 0 Å². The number of H-pyrrole nitrogens is 1. The van der Waals surface area contributed by atoms with Crippen LogP contribution in [0.1, 0.15) is 17.0 Å². The molecule has 0 bridgehead atoms. The lowest BCUT2D eigenvalue weighted by Crippen LogP contribution is -2.24. The summed E-state index contributed by atoms with van der Waals surface area (Å²) in [5.41, 5.74) is 8.29. The van der Waals surface area contributed by atoms with Crippen LogP contribution in [0.4, 0.5) is 5.69 Å². The summed E-state index contributed by atoms with van der Waals surface area (Å²) >= 11 is 6.25. The maximum absolute atomic E-state index is 13.9. The first kappa shape index (κ1) is 22.6. The van der Waals surface area contributed by atoms with Crippen LogP contribution in [-0.4, -0.2) is 27.7 Å². The van der Waals surface area contributed by atoms with Gasteiger partial charge in [-0.15, -0.1) is 0 Å². The molecule has 6 aromatic rings. The summed E-state index contributed by atoms with van der Waals surface area (Å²) in [7, 11) is 1.85. The molecule has 0 saturated carbocycles. The molecule has 0 spiro atoms. The number of rotatable bonds is 4. The van der Waals surface area contributed by atoms with Crippen molar-refractivity contribution in [3.63, 3.8) is 0 Å². The number of hydrogen-bond donors (Lipinski definition) is 1. The van der Waals surface area contributed by atoms with Gasteiger partial charge in [-0.05, 0) is 41.5 Å². The molecule has 3 heterocycles. The van der Waals surface area contributed by atoms with Gasteiger partial charge in [0.1, 0.15) is 11.3 Å². The Bertz CT molecular complexity index is 1800. The Labute approximate surface area is 224 Å². The van der Waals surface area contributed by atoms with E-state index >= 15 is 0 Å². The van der Waals surface area contributed by atoms with Crippen LogP contribution in [0.15, 0.2) is 109 Å². The van der Waals surface area contributed by atoms with Crippen LogP contribution in [0.5, 0.6) is 0 Å². The van der Waals surface area contributed by atoms with Gasteiger partial charge in [-0.3, -0.25) is 4.79 Å². The second-order valence-electron chi connectivity index (χ2n) is 9.50. The number of nitrogens with one attached hydrogen (secondary N) is 1. The fourth-order valence-corrected chi connectivity index (χ4v) is 5.67. The molecule has 184 valence electrons. The lowest BCUT2D eigenvalue weighted by atomic mass is 9.88. The summed E-state index contributed by atoms with van der Waals surface area (Å²) in [6.45, 7) is 0. The third-order valence-corrected chi connectivity index (χ3v) is 7.58. The number of hydrogen-bond acceptors (Lipinski definition) is 2. The van der Waals surface area contributed by atoms with Crippen LogP contribution in [-0.2, 0) is 4.79 Å². The van der Waals surface area contributed by atoms with Gasteiger partial charge in [-0.25, -0.2) is 4.68 Å². The topological polar surface area (TPSA) is 53.9 Å². The Hall–Kier alpha value is -4.61. The van der Waals surface area contributed by atoms with Crippen molar-refractivity contribution in [3.8, 4) is 28.2 Å². The molecule has 0 radical (unpaired) electrons. The molecule has 2 aromatic heterocycles. The first-order valence-corrected chi connectivity index (χ1v) is 12.9. The summed E-state index contributed by atoms with van der Waals surface area (Å²) in [6.07, 6.45) is 0. The summed E-state index contributed by atoms with van der Waals surface area (Å²) in [5.74, 6) is -0.432. The van der Waals surface area contributed by atoms with Crippen molar-refractivity contribution >= 4 is 34.2 Å². The number of carbonyl (C=O) groups excluding carboxylic acids is 1. The number of para-hydroxylation sites is 2. The van der Waals surface area contributed by atoms with Crippen molar-refractivity contribution < 1.29 is 4.79 Å². The Balaban J connectivity index is 1.61. The zero-order valence-corrected chi connectivity index (χ0v) is 21.4. The van der Waals surface area contributed by atoms with Crippen molar-refractivity contribution in [1.29, 1.82) is 0 Å². The summed E-state index contributed by atoms with van der Waals surface area (Å²) < 4.78 is 1.93. The average Bonchev–Trinajstić information content (AvgIpc) is 3.60. The number of benzene rings is 4. The maximum Gasteiger partial charge on any atom is 0.238 e. The minimum absolute atomic E-state index is 0.0406. The summed E-state index contributed by atoms with van der Waals surface area (Å²) in [4.78, 5) is 19.4. The highest BCUT2D eigenvalue weighted by Gasteiger charge is 2.40. The van der Waals surface area contributed by atoms with Crippen molar-refractivity contribution in [2.24, 2.45) is 0 Å². The Morgan fingerprint density at radius 1 is 0.789 bits per heavy atom. The average molecular weight is 515 g/mol. The zero-order valence-electron chi connectivity index (χ0n) is 20.6. The van der Waals surface area contributed by atoms with E-state index in [1.54, 1.807) is 4.90 Å². The second-order valence-corrected chi connectivity index (χ2v) is 9.93. The number of aromatic nitrogens is 3. The minimum Gasteiger partial charge on any atom is -0.339 e. The highest BCUT2D eigenvalue weighted by Crippen LogP contribution is 2.48. The van der Waals surface area contributed by atoms with Crippen LogP contribution >= 0.6 is 11.6 Å². The number of halogens is 1. The van der Waals surface area contributed by atoms with Crippen LogP contribution in [0.2, 0.25) is 5.02 Å². The van der Waals surface area contributed by atoms with Gasteiger partial charge in [0, 0.05) is 28.9 Å². The molecular weight excluding hydrogens is 492 g/mol. The number of fused-ring (bicyclic) bond motifs is 2. The number of carbonyl (C=O) groups is 1. The van der Waals surface area contributed by atoms with E-state index in [1.165, 1.54) is 0 Å². The third kappa shape index (κ3) is 3.40. The number of anilines is 1. The number of amides is 1. The molecule has 6 heteroatoms. The fraction of sp³-hybridized carbons (Fsp3) is 0.0625. The molecule has 0 aliphatic carbocycles. The summed E-state index contributed by atoms with van der Waals surface area (Å²) in [5, 5.41) is 6.69. The van der Waals surface area contributed by atoms with Gasteiger partial charge in [0.05, 0.1) is 22.7 Å². The monoisotopic (exact) mass is 514 g/mol. The Morgan fingerprint density at radius 3 is 2.18 bits per heavy atom. The zero-order chi connectivity index (χ0) is 25.8. The van der Waals surface area contributed by atoms with E-state index in [9.17, 15) is 4.79 Å². The molecule has 1 unspecified atom stereocenters. The van der Waals surface area contributed by atoms with E-state index in [0.717, 1.165) is 56.0 Å². The fourth-order valence-electron chi connectivity index (χ4n) is 5.55. The van der Waals surface area contributed by atoms with E-state index in [4.69, 9.17) is 16.7 Å². The molecule has 1 N–H and O–H groups in total. The largest absolute Gasteiger partial charge is 0.339 e. The van der Waals surface area contributed by atoms with E-state index in [-0.39, 0.29) is 5.91 Å². The molecule has 7 rings (SSSR count). The van der Waals surface area contributed by atoms with Gasteiger partial charge in [-0.2, -0.15) is 5.10 Å². The van der Waals surface area contributed by atoms with Gasteiger partial charge in [0.15, 0.2) is 0 Å². The van der Waals surface area contributed by atoms with Gasteiger partial charge >= 0.3 is 0 Å². The number of likely N-dealkylation sites (N-methyl/N-ethyl adjacent to an activating group) is 1. The van der Waals surface area contributed by atoms with Gasteiger partial charge in [0.25, 0.3) is 0 Å². The molecule has 1 amide bonds. The quantitative estimate of drug-likeness (QED) is 0.265. The predicted molar refractivity (Wildman–Crippen MR) is 153 cm³/mol. The Morgan fingerprint density at radius 2 is 1.45 bits per heavy atom. The number of aromatic amines is 1. The lowest BCUT2D eigenvalue weighted by molar-refractivity contribution is -0.118. The highest BCUT2D eigenvalue weighted by molar-refractivity contribution is 6.30. The minimum atomic E-state index is -0.473. The maximum atomic E-state index is 13.9. The van der Waals surface area contributed by atoms with Crippen LogP contribution < -0.4 is 4.90 Å². The molecule has 5 nitrogen and oxygen atoms in total. The highest BCUT2D eigenvalue weighted by atomic mass is 35.5. The first-order valence-electron chi connectivity index (χ1n) is 12.5. The molecule has 1 aliphatic rings.